The van der Waals surface area contributed by atoms with E-state index in [1.807, 2.05) is 13.1 Å². The van der Waals surface area contributed by atoms with E-state index in [1.165, 1.54) is 44.4 Å². The number of aromatic amines is 2. The van der Waals surface area contributed by atoms with Crippen LogP contribution >= 0.6 is 0 Å². The van der Waals surface area contributed by atoms with Crippen LogP contribution in [0.4, 0.5) is 0 Å². The number of nitrogens with zero attached hydrogens (tertiary/aromatic N) is 1. The zero-order valence-corrected chi connectivity index (χ0v) is 17.7. The van der Waals surface area contributed by atoms with Crippen LogP contribution in [0.2, 0.25) is 0 Å². The number of hydrogen-bond acceptors (Lipinski definition) is 1. The smallest absolute Gasteiger partial charge is 0.116 e. The molecule has 0 aliphatic heterocycles. The molecule has 2 aromatic carbocycles. The standard InChI is InChI=1S/C25H29N3/c1-7-20-21-13-19(25(5,6)24-26-14-17(4)27-24)8-9-22(21)28-23(20)18-11-15(2)10-16(3)12-18/h8-14,28H,7H2,1-6H3,(H,26,27). The zero-order chi connectivity index (χ0) is 20.1. The van der Waals surface area contributed by atoms with Crippen molar-refractivity contribution in [3.8, 4) is 11.3 Å². The minimum Gasteiger partial charge on any atom is -0.354 e. The molecule has 0 unspecified atom stereocenters. The Balaban J connectivity index is 1.88. The fraction of sp³-hybridized carbons (Fsp3) is 0.320. The Morgan fingerprint density at radius 1 is 0.929 bits per heavy atom. The quantitative estimate of drug-likeness (QED) is 0.430. The average Bonchev–Trinajstić information content (AvgIpc) is 3.24. The fourth-order valence-corrected chi connectivity index (χ4v) is 4.24. The third-order valence-corrected chi connectivity index (χ3v) is 5.79. The number of rotatable bonds is 4. The van der Waals surface area contributed by atoms with E-state index in [9.17, 15) is 0 Å². The van der Waals surface area contributed by atoms with Crippen LogP contribution in [0.25, 0.3) is 22.2 Å². The Hall–Kier alpha value is -2.81. The van der Waals surface area contributed by atoms with Crippen LogP contribution < -0.4 is 0 Å². The maximum Gasteiger partial charge on any atom is 0.116 e. The van der Waals surface area contributed by atoms with Crippen LogP contribution in [0.3, 0.4) is 0 Å². The highest BCUT2D eigenvalue weighted by molar-refractivity contribution is 5.91. The first-order valence-corrected chi connectivity index (χ1v) is 10.1. The van der Waals surface area contributed by atoms with Gasteiger partial charge in [0.1, 0.15) is 5.82 Å². The SMILES string of the molecule is CCc1c(-c2cc(C)cc(C)c2)[nH]c2ccc(C(C)(C)c3ncc(C)[nH]3)cc12. The molecular formula is C25H29N3. The molecule has 4 aromatic rings. The van der Waals surface area contributed by atoms with Gasteiger partial charge in [0.25, 0.3) is 0 Å². The van der Waals surface area contributed by atoms with Gasteiger partial charge in [-0.1, -0.05) is 30.2 Å². The molecule has 0 fully saturated rings. The van der Waals surface area contributed by atoms with Crippen molar-refractivity contribution >= 4 is 10.9 Å². The van der Waals surface area contributed by atoms with Gasteiger partial charge >= 0.3 is 0 Å². The third-order valence-electron chi connectivity index (χ3n) is 5.79. The summed E-state index contributed by atoms with van der Waals surface area (Å²) in [5.41, 5.74) is 9.88. The molecule has 0 aliphatic carbocycles. The van der Waals surface area contributed by atoms with E-state index in [0.717, 1.165) is 17.9 Å². The Kier molecular flexibility index (Phi) is 4.41. The second-order valence-electron chi connectivity index (χ2n) is 8.51. The molecule has 0 amide bonds. The average molecular weight is 372 g/mol. The van der Waals surface area contributed by atoms with E-state index < -0.39 is 0 Å². The number of fused-ring (bicyclic) bond motifs is 1. The van der Waals surface area contributed by atoms with Gasteiger partial charge < -0.3 is 9.97 Å². The summed E-state index contributed by atoms with van der Waals surface area (Å²) < 4.78 is 0. The topological polar surface area (TPSA) is 44.5 Å². The molecule has 3 heteroatoms. The molecule has 3 nitrogen and oxygen atoms in total. The van der Waals surface area contributed by atoms with Gasteiger partial charge in [-0.15, -0.1) is 0 Å². The normalized spacial score (nSPS) is 12.1. The van der Waals surface area contributed by atoms with Crippen molar-refractivity contribution in [2.75, 3.05) is 0 Å². The van der Waals surface area contributed by atoms with E-state index in [1.54, 1.807) is 0 Å². The molecule has 0 radical (unpaired) electrons. The van der Waals surface area contributed by atoms with Gasteiger partial charge in [0.05, 0.1) is 0 Å². The minimum absolute atomic E-state index is 0.176. The van der Waals surface area contributed by atoms with E-state index in [2.05, 4.69) is 86.0 Å². The highest BCUT2D eigenvalue weighted by Crippen LogP contribution is 2.36. The van der Waals surface area contributed by atoms with Crippen LogP contribution in [0.15, 0.2) is 42.6 Å². The van der Waals surface area contributed by atoms with Crippen molar-refractivity contribution < 1.29 is 0 Å². The van der Waals surface area contributed by atoms with E-state index in [-0.39, 0.29) is 5.41 Å². The highest BCUT2D eigenvalue weighted by atomic mass is 14.9. The molecule has 0 aliphatic rings. The Morgan fingerprint density at radius 2 is 1.64 bits per heavy atom. The fourth-order valence-electron chi connectivity index (χ4n) is 4.24. The molecule has 2 N–H and O–H groups in total. The summed E-state index contributed by atoms with van der Waals surface area (Å²) in [5.74, 6) is 1.01. The van der Waals surface area contributed by atoms with Crippen LogP contribution in [0.5, 0.6) is 0 Å². The summed E-state index contributed by atoms with van der Waals surface area (Å²) in [4.78, 5) is 11.7. The zero-order valence-electron chi connectivity index (χ0n) is 17.7. The maximum absolute atomic E-state index is 4.60. The number of aryl methyl sites for hydroxylation is 4. The second kappa shape index (κ2) is 6.66. The van der Waals surface area contributed by atoms with Gasteiger partial charge in [-0.3, -0.25) is 0 Å². The Bertz CT molecular complexity index is 1140. The molecule has 0 bridgehead atoms. The molecule has 4 rings (SSSR count). The van der Waals surface area contributed by atoms with Crippen molar-refractivity contribution in [1.82, 2.24) is 15.0 Å². The molecule has 2 aromatic heterocycles. The lowest BCUT2D eigenvalue weighted by Gasteiger charge is -2.23. The summed E-state index contributed by atoms with van der Waals surface area (Å²) in [6, 6.07) is 13.5. The van der Waals surface area contributed by atoms with Crippen LogP contribution in [0.1, 0.15) is 54.5 Å². The van der Waals surface area contributed by atoms with Gasteiger partial charge in [-0.25, -0.2) is 4.98 Å². The maximum atomic E-state index is 4.60. The van der Waals surface area contributed by atoms with Crippen molar-refractivity contribution in [3.05, 3.63) is 76.4 Å². The first-order chi connectivity index (χ1) is 13.3. The largest absolute Gasteiger partial charge is 0.354 e. The van der Waals surface area contributed by atoms with Gasteiger partial charge in [0, 0.05) is 33.9 Å². The lowest BCUT2D eigenvalue weighted by Crippen LogP contribution is -2.20. The predicted octanol–water partition coefficient (Wildman–Crippen LogP) is 6.37. The first kappa shape index (κ1) is 18.5. The second-order valence-corrected chi connectivity index (χ2v) is 8.51. The van der Waals surface area contributed by atoms with Gasteiger partial charge in [-0.2, -0.15) is 0 Å². The van der Waals surface area contributed by atoms with Crippen molar-refractivity contribution in [2.24, 2.45) is 0 Å². The van der Waals surface area contributed by atoms with Crippen LogP contribution in [-0.2, 0) is 11.8 Å². The molecular weight excluding hydrogens is 342 g/mol. The number of H-pyrrole nitrogens is 2. The summed E-state index contributed by atoms with van der Waals surface area (Å²) in [7, 11) is 0. The number of imidazole rings is 1. The lowest BCUT2D eigenvalue weighted by atomic mass is 9.83. The number of nitrogens with one attached hydrogen (secondary N) is 2. The van der Waals surface area contributed by atoms with E-state index in [0.29, 0.717) is 0 Å². The Morgan fingerprint density at radius 3 is 2.25 bits per heavy atom. The molecule has 0 spiro atoms. The van der Waals surface area contributed by atoms with E-state index >= 15 is 0 Å². The summed E-state index contributed by atoms with van der Waals surface area (Å²) in [5, 5.41) is 1.31. The number of aromatic nitrogens is 3. The Labute approximate surface area is 167 Å². The van der Waals surface area contributed by atoms with E-state index in [4.69, 9.17) is 0 Å². The molecule has 0 saturated carbocycles. The van der Waals surface area contributed by atoms with Crippen LogP contribution in [-0.4, -0.2) is 15.0 Å². The minimum atomic E-state index is -0.176. The molecule has 0 atom stereocenters. The summed E-state index contributed by atoms with van der Waals surface area (Å²) in [6.07, 6.45) is 2.90. The van der Waals surface area contributed by atoms with Crippen molar-refractivity contribution in [1.29, 1.82) is 0 Å². The third kappa shape index (κ3) is 3.05. The summed E-state index contributed by atoms with van der Waals surface area (Å²) >= 11 is 0. The monoisotopic (exact) mass is 371 g/mol. The van der Waals surface area contributed by atoms with Gasteiger partial charge in [0.15, 0.2) is 0 Å². The lowest BCUT2D eigenvalue weighted by molar-refractivity contribution is 0.598. The van der Waals surface area contributed by atoms with Gasteiger partial charge in [-0.05, 0) is 82.0 Å². The summed E-state index contributed by atoms with van der Waals surface area (Å²) in [6.45, 7) is 13.1. The molecule has 0 saturated heterocycles. The first-order valence-electron chi connectivity index (χ1n) is 10.1. The molecule has 144 valence electrons. The number of benzene rings is 2. The van der Waals surface area contributed by atoms with Crippen LogP contribution in [0, 0.1) is 20.8 Å². The number of hydrogen-bond donors (Lipinski definition) is 2. The predicted molar refractivity (Wildman–Crippen MR) is 118 cm³/mol. The molecule has 2 heterocycles. The highest BCUT2D eigenvalue weighted by Gasteiger charge is 2.27. The van der Waals surface area contributed by atoms with Crippen molar-refractivity contribution in [2.45, 2.75) is 53.4 Å². The van der Waals surface area contributed by atoms with Gasteiger partial charge in [0.2, 0.25) is 0 Å². The van der Waals surface area contributed by atoms with Crippen molar-refractivity contribution in [3.63, 3.8) is 0 Å². The molecule has 28 heavy (non-hydrogen) atoms.